The summed E-state index contributed by atoms with van der Waals surface area (Å²) in [6.07, 6.45) is 1.46. The van der Waals surface area contributed by atoms with E-state index in [9.17, 15) is 4.79 Å². The lowest BCUT2D eigenvalue weighted by Gasteiger charge is -2.24. The van der Waals surface area contributed by atoms with Crippen LogP contribution in [0.25, 0.3) is 0 Å². The zero-order valence-electron chi connectivity index (χ0n) is 9.66. The Morgan fingerprint density at radius 3 is 2.67 bits per heavy atom. The lowest BCUT2D eigenvalue weighted by molar-refractivity contribution is -0.136. The first kappa shape index (κ1) is 14.3. The number of hydrogen-bond acceptors (Lipinski definition) is 3. The second-order valence-electron chi connectivity index (χ2n) is 3.58. The van der Waals surface area contributed by atoms with Gasteiger partial charge in [0.05, 0.1) is 4.99 Å². The van der Waals surface area contributed by atoms with Crippen molar-refractivity contribution in [2.45, 2.75) is 32.7 Å². The van der Waals surface area contributed by atoms with E-state index in [4.69, 9.17) is 22.7 Å². The molecule has 0 aliphatic rings. The molecule has 1 atom stereocenters. The van der Waals surface area contributed by atoms with Crippen molar-refractivity contribution in [3.63, 3.8) is 0 Å². The van der Waals surface area contributed by atoms with Crippen molar-refractivity contribution >= 4 is 23.1 Å². The van der Waals surface area contributed by atoms with Crippen LogP contribution in [0.15, 0.2) is 0 Å². The monoisotopic (exact) mass is 232 g/mol. The van der Waals surface area contributed by atoms with E-state index in [0.717, 1.165) is 6.42 Å². The van der Waals surface area contributed by atoms with Crippen LogP contribution in [0.4, 0.5) is 0 Å². The third-order valence-electron chi connectivity index (χ3n) is 2.13. The lowest BCUT2D eigenvalue weighted by atomic mass is 10.2. The summed E-state index contributed by atoms with van der Waals surface area (Å²) in [5.41, 5.74) is 5.42. The minimum Gasteiger partial charge on any atom is -0.393 e. The molecule has 0 saturated carbocycles. The van der Waals surface area contributed by atoms with Crippen LogP contribution in [0.5, 0.6) is 0 Å². The Labute approximate surface area is 96.8 Å². The number of amides is 1. The van der Waals surface area contributed by atoms with Crippen molar-refractivity contribution in [2.75, 3.05) is 20.3 Å². The summed E-state index contributed by atoms with van der Waals surface area (Å²) in [6, 6.07) is 0.0280. The van der Waals surface area contributed by atoms with Crippen LogP contribution in [-0.4, -0.2) is 42.1 Å². The van der Waals surface area contributed by atoms with E-state index in [1.54, 1.807) is 11.9 Å². The molecule has 0 spiro atoms. The lowest BCUT2D eigenvalue weighted by Crippen LogP contribution is -2.39. The minimum absolute atomic E-state index is 0.0280. The number of thiocarbonyl (C=S) groups is 1. The molecule has 0 aromatic heterocycles. The number of hydrogen-bond donors (Lipinski definition) is 1. The summed E-state index contributed by atoms with van der Waals surface area (Å²) < 4.78 is 5.17. The Kier molecular flexibility index (Phi) is 7.25. The molecule has 0 fully saturated rings. The standard InChI is InChI=1S/C10H20N2O2S/c1-4-5-14-7-10(13)12(3)8(2)6-9(11)15/h8H,4-7H2,1-3H3,(H2,11,15). The Morgan fingerprint density at radius 1 is 1.60 bits per heavy atom. The summed E-state index contributed by atoms with van der Waals surface area (Å²) in [7, 11) is 1.74. The number of rotatable bonds is 7. The largest absolute Gasteiger partial charge is 0.393 e. The number of nitrogens with zero attached hydrogens (tertiary/aromatic N) is 1. The molecule has 88 valence electrons. The van der Waals surface area contributed by atoms with Crippen molar-refractivity contribution in [3.05, 3.63) is 0 Å². The summed E-state index contributed by atoms with van der Waals surface area (Å²) >= 11 is 4.79. The van der Waals surface area contributed by atoms with Gasteiger partial charge in [0.25, 0.3) is 0 Å². The maximum atomic E-state index is 11.6. The second kappa shape index (κ2) is 7.59. The fourth-order valence-electron chi connectivity index (χ4n) is 1.08. The molecule has 1 amide bonds. The number of likely N-dealkylation sites (N-methyl/N-ethyl adjacent to an activating group) is 1. The van der Waals surface area contributed by atoms with Crippen molar-refractivity contribution in [1.82, 2.24) is 4.90 Å². The molecule has 0 aromatic carbocycles. The highest BCUT2D eigenvalue weighted by Crippen LogP contribution is 2.02. The van der Waals surface area contributed by atoms with E-state index < -0.39 is 0 Å². The van der Waals surface area contributed by atoms with Gasteiger partial charge in [-0.15, -0.1) is 0 Å². The maximum Gasteiger partial charge on any atom is 0.248 e. The molecule has 0 saturated heterocycles. The van der Waals surface area contributed by atoms with Crippen LogP contribution in [-0.2, 0) is 9.53 Å². The number of ether oxygens (including phenoxy) is 1. The average Bonchev–Trinajstić information content (AvgIpc) is 2.15. The molecule has 0 rings (SSSR count). The van der Waals surface area contributed by atoms with Gasteiger partial charge in [0.1, 0.15) is 6.61 Å². The van der Waals surface area contributed by atoms with Gasteiger partial charge in [-0.1, -0.05) is 19.1 Å². The molecule has 0 aliphatic carbocycles. The van der Waals surface area contributed by atoms with Crippen LogP contribution in [0.1, 0.15) is 26.7 Å². The summed E-state index contributed by atoms with van der Waals surface area (Å²) in [5.74, 6) is -0.0350. The second-order valence-corrected chi connectivity index (χ2v) is 4.10. The number of carbonyl (C=O) groups excluding carboxylic acids is 1. The molecule has 0 bridgehead atoms. The molecule has 4 nitrogen and oxygen atoms in total. The summed E-state index contributed by atoms with van der Waals surface area (Å²) in [4.78, 5) is 13.6. The normalized spacial score (nSPS) is 12.2. The third-order valence-corrected chi connectivity index (χ3v) is 2.29. The van der Waals surface area contributed by atoms with Gasteiger partial charge in [-0.2, -0.15) is 0 Å². The van der Waals surface area contributed by atoms with Gasteiger partial charge in [0, 0.05) is 26.1 Å². The molecule has 0 aliphatic heterocycles. The zero-order chi connectivity index (χ0) is 11.8. The van der Waals surface area contributed by atoms with Gasteiger partial charge in [-0.05, 0) is 13.3 Å². The number of nitrogens with two attached hydrogens (primary N) is 1. The molecule has 15 heavy (non-hydrogen) atoms. The maximum absolute atomic E-state index is 11.6. The smallest absolute Gasteiger partial charge is 0.248 e. The van der Waals surface area contributed by atoms with Crippen molar-refractivity contribution in [2.24, 2.45) is 5.73 Å². The molecule has 5 heteroatoms. The Hall–Kier alpha value is -0.680. The van der Waals surface area contributed by atoms with Gasteiger partial charge >= 0.3 is 0 Å². The Morgan fingerprint density at radius 2 is 2.20 bits per heavy atom. The van der Waals surface area contributed by atoms with E-state index >= 15 is 0 Å². The first-order valence-electron chi connectivity index (χ1n) is 5.10. The Balaban J connectivity index is 3.90. The predicted molar refractivity (Wildman–Crippen MR) is 64.7 cm³/mol. The molecule has 0 aromatic rings. The van der Waals surface area contributed by atoms with E-state index in [0.29, 0.717) is 18.0 Å². The first-order chi connectivity index (χ1) is 6.99. The van der Waals surface area contributed by atoms with Crippen LogP contribution in [0.2, 0.25) is 0 Å². The zero-order valence-corrected chi connectivity index (χ0v) is 10.5. The summed E-state index contributed by atoms with van der Waals surface area (Å²) in [6.45, 7) is 4.66. The summed E-state index contributed by atoms with van der Waals surface area (Å²) in [5, 5.41) is 0. The highest BCUT2D eigenvalue weighted by molar-refractivity contribution is 7.80. The van der Waals surface area contributed by atoms with Crippen LogP contribution in [0, 0.1) is 0 Å². The molecular weight excluding hydrogens is 212 g/mol. The quantitative estimate of drug-likeness (QED) is 0.524. The third kappa shape index (κ3) is 6.41. The fraction of sp³-hybridized carbons (Fsp3) is 0.800. The van der Waals surface area contributed by atoms with Gasteiger partial charge < -0.3 is 15.4 Å². The minimum atomic E-state index is -0.0350. The van der Waals surface area contributed by atoms with E-state index in [1.807, 2.05) is 13.8 Å². The average molecular weight is 232 g/mol. The first-order valence-corrected chi connectivity index (χ1v) is 5.51. The van der Waals surface area contributed by atoms with E-state index in [-0.39, 0.29) is 18.6 Å². The molecule has 1 unspecified atom stereocenters. The predicted octanol–water partition coefficient (Wildman–Crippen LogP) is 0.936. The Bertz CT molecular complexity index is 221. The van der Waals surface area contributed by atoms with Crippen LogP contribution < -0.4 is 5.73 Å². The van der Waals surface area contributed by atoms with E-state index in [1.165, 1.54) is 0 Å². The van der Waals surface area contributed by atoms with Crippen LogP contribution >= 0.6 is 12.2 Å². The van der Waals surface area contributed by atoms with Crippen molar-refractivity contribution in [3.8, 4) is 0 Å². The van der Waals surface area contributed by atoms with Gasteiger partial charge in [-0.25, -0.2) is 0 Å². The van der Waals surface area contributed by atoms with E-state index in [2.05, 4.69) is 0 Å². The SMILES string of the molecule is CCCOCC(=O)N(C)C(C)CC(N)=S. The molecule has 0 radical (unpaired) electrons. The molecule has 0 heterocycles. The molecular formula is C10H20N2O2S. The van der Waals surface area contributed by atoms with Gasteiger partial charge in [0.2, 0.25) is 5.91 Å². The topological polar surface area (TPSA) is 55.6 Å². The van der Waals surface area contributed by atoms with Crippen LogP contribution in [0.3, 0.4) is 0 Å². The van der Waals surface area contributed by atoms with Crippen molar-refractivity contribution < 1.29 is 9.53 Å². The molecule has 2 N–H and O–H groups in total. The highest BCUT2D eigenvalue weighted by Gasteiger charge is 2.15. The van der Waals surface area contributed by atoms with Crippen molar-refractivity contribution in [1.29, 1.82) is 0 Å². The van der Waals surface area contributed by atoms with Gasteiger partial charge in [-0.3, -0.25) is 4.79 Å². The number of carbonyl (C=O) groups is 1. The van der Waals surface area contributed by atoms with Gasteiger partial charge in [0.15, 0.2) is 0 Å². The highest BCUT2D eigenvalue weighted by atomic mass is 32.1. The fourth-order valence-corrected chi connectivity index (χ4v) is 1.32.